The maximum Gasteiger partial charge on any atom is 0.127 e. The van der Waals surface area contributed by atoms with Crippen LogP contribution in [0.15, 0.2) is 127 Å². The number of hydrogen-bond acceptors (Lipinski definition) is 3. The van der Waals surface area contributed by atoms with Crippen LogP contribution in [-0.2, 0) is 5.41 Å². The van der Waals surface area contributed by atoms with Crippen molar-refractivity contribution in [3.8, 4) is 34.1 Å². The molecule has 4 aromatic rings. The lowest BCUT2D eigenvalue weighted by Gasteiger charge is -2.32. The topological polar surface area (TPSA) is 49.7 Å². The molecule has 172 valence electrons. The molecule has 0 unspecified atom stereocenters. The molecule has 6 rings (SSSR count). The predicted octanol–water partition coefficient (Wildman–Crippen LogP) is 7.91. The summed E-state index contributed by atoms with van der Waals surface area (Å²) in [7, 11) is 0. The molecule has 0 saturated carbocycles. The molecule has 0 amide bonds. The van der Waals surface area contributed by atoms with Gasteiger partial charge in [0, 0.05) is 5.41 Å². The third-order valence-corrected chi connectivity index (χ3v) is 6.41. The number of ether oxygens (including phenoxy) is 1. The summed E-state index contributed by atoms with van der Waals surface area (Å²) in [6.45, 7) is 2.14. The van der Waals surface area contributed by atoms with Gasteiger partial charge in [0.25, 0.3) is 0 Å². The molecule has 0 heterocycles. The number of phenols is 2. The second-order valence-electron chi connectivity index (χ2n) is 8.74. The van der Waals surface area contributed by atoms with E-state index in [2.05, 4.69) is 43.3 Å². The van der Waals surface area contributed by atoms with Gasteiger partial charge >= 0.3 is 0 Å². The van der Waals surface area contributed by atoms with Gasteiger partial charge in [0.05, 0.1) is 0 Å². The Hall–Kier alpha value is -4.50. The van der Waals surface area contributed by atoms with Crippen LogP contribution in [0.25, 0.3) is 11.1 Å². The van der Waals surface area contributed by atoms with Crippen LogP contribution in [0.3, 0.4) is 0 Å². The molecule has 0 aromatic heterocycles. The van der Waals surface area contributed by atoms with Crippen molar-refractivity contribution >= 4 is 0 Å². The first-order valence-corrected chi connectivity index (χ1v) is 11.6. The molecule has 0 saturated heterocycles. The summed E-state index contributed by atoms with van der Waals surface area (Å²) in [4.78, 5) is 0. The molecule has 0 spiro atoms. The van der Waals surface area contributed by atoms with Gasteiger partial charge in [-0.2, -0.15) is 0 Å². The van der Waals surface area contributed by atoms with Crippen LogP contribution < -0.4 is 4.74 Å². The first kappa shape index (κ1) is 22.3. The minimum absolute atomic E-state index is 0.230. The molecule has 2 aliphatic rings. The third kappa shape index (κ3) is 4.90. The summed E-state index contributed by atoms with van der Waals surface area (Å²) in [5.41, 5.74) is 5.54. The zero-order valence-electron chi connectivity index (χ0n) is 19.4. The average molecular weight is 459 g/mol. The van der Waals surface area contributed by atoms with Crippen LogP contribution in [0.1, 0.15) is 23.6 Å². The van der Waals surface area contributed by atoms with Crippen molar-refractivity contribution in [3.05, 3.63) is 144 Å². The lowest BCUT2D eigenvalue weighted by Crippen LogP contribution is -2.25. The molecular weight excluding hydrogens is 432 g/mol. The van der Waals surface area contributed by atoms with Gasteiger partial charge in [-0.25, -0.2) is 0 Å². The van der Waals surface area contributed by atoms with E-state index < -0.39 is 5.41 Å². The normalized spacial score (nSPS) is 11.2. The zero-order chi connectivity index (χ0) is 24.3. The fourth-order valence-corrected chi connectivity index (χ4v) is 4.25. The van der Waals surface area contributed by atoms with Gasteiger partial charge in [-0.1, -0.05) is 72.8 Å². The standard InChI is InChI=1S/C26H22O3.C6H4/c1-26(19-7-13-22(27)14-8-19,20-9-15-23(28)16-10-20)21-11-17-25(18-12-21)29-24-5-3-2-4-6-24;1-2-5-4-6(5)3-1/h2-18,27-28H,1H3;1-4H. The molecule has 2 aliphatic carbocycles. The molecule has 4 aromatic carbocycles. The Balaban J connectivity index is 0.000000362. The van der Waals surface area contributed by atoms with Crippen LogP contribution in [0.5, 0.6) is 23.0 Å². The van der Waals surface area contributed by atoms with Crippen molar-refractivity contribution in [2.45, 2.75) is 12.3 Å². The van der Waals surface area contributed by atoms with E-state index >= 15 is 0 Å². The predicted molar refractivity (Wildman–Crippen MR) is 140 cm³/mol. The van der Waals surface area contributed by atoms with Gasteiger partial charge < -0.3 is 14.9 Å². The fourth-order valence-electron chi connectivity index (χ4n) is 4.25. The molecular formula is C32H26O3. The van der Waals surface area contributed by atoms with E-state index in [1.165, 1.54) is 11.1 Å². The van der Waals surface area contributed by atoms with Crippen LogP contribution in [0, 0.1) is 0 Å². The minimum atomic E-state index is -0.466. The summed E-state index contributed by atoms with van der Waals surface area (Å²) >= 11 is 0. The largest absolute Gasteiger partial charge is 0.508 e. The molecule has 0 aliphatic heterocycles. The number of benzene rings is 5. The van der Waals surface area contributed by atoms with Gasteiger partial charge in [0.15, 0.2) is 0 Å². The van der Waals surface area contributed by atoms with Crippen molar-refractivity contribution in [1.29, 1.82) is 0 Å². The van der Waals surface area contributed by atoms with Crippen LogP contribution in [0.4, 0.5) is 0 Å². The maximum atomic E-state index is 9.73. The first-order chi connectivity index (χ1) is 17.0. The van der Waals surface area contributed by atoms with Crippen LogP contribution in [-0.4, -0.2) is 10.2 Å². The number of aromatic hydroxyl groups is 2. The minimum Gasteiger partial charge on any atom is -0.508 e. The number of rotatable bonds is 5. The highest BCUT2D eigenvalue weighted by Gasteiger charge is 2.31. The number of hydrogen-bond donors (Lipinski definition) is 2. The van der Waals surface area contributed by atoms with Gasteiger partial charge in [-0.3, -0.25) is 0 Å². The highest BCUT2D eigenvalue weighted by Crippen LogP contribution is 2.40. The summed E-state index contributed by atoms with van der Waals surface area (Å²) < 4.78 is 5.92. The fraction of sp³-hybridized carbons (Fsp3) is 0.0625. The van der Waals surface area contributed by atoms with Crippen molar-refractivity contribution in [2.24, 2.45) is 0 Å². The second kappa shape index (κ2) is 9.40. The Morgan fingerprint density at radius 3 is 1.31 bits per heavy atom. The van der Waals surface area contributed by atoms with E-state index in [9.17, 15) is 10.2 Å². The number of fused-ring (bicyclic) bond motifs is 1. The number of para-hydroxylation sites is 1. The lowest BCUT2D eigenvalue weighted by molar-refractivity contribution is 0.474. The Labute approximate surface area is 205 Å². The van der Waals surface area contributed by atoms with Crippen molar-refractivity contribution in [1.82, 2.24) is 0 Å². The van der Waals surface area contributed by atoms with Gasteiger partial charge in [-0.05, 0) is 89.3 Å². The second-order valence-corrected chi connectivity index (χ2v) is 8.74. The molecule has 2 N–H and O–H groups in total. The van der Waals surface area contributed by atoms with Gasteiger partial charge in [0.1, 0.15) is 23.0 Å². The molecule has 3 heteroatoms. The van der Waals surface area contributed by atoms with Crippen molar-refractivity contribution in [2.75, 3.05) is 0 Å². The monoisotopic (exact) mass is 458 g/mol. The Bertz CT molecular complexity index is 1340. The quantitative estimate of drug-likeness (QED) is 0.258. The van der Waals surface area contributed by atoms with E-state index in [0.29, 0.717) is 0 Å². The smallest absolute Gasteiger partial charge is 0.127 e. The summed E-state index contributed by atoms with van der Waals surface area (Å²) in [6.07, 6.45) is 0. The Kier molecular flexibility index (Phi) is 5.99. The third-order valence-electron chi connectivity index (χ3n) is 6.41. The summed E-state index contributed by atoms with van der Waals surface area (Å²) in [6, 6.07) is 40.7. The highest BCUT2D eigenvalue weighted by atomic mass is 16.5. The van der Waals surface area contributed by atoms with E-state index in [4.69, 9.17) is 4.74 Å². The molecule has 35 heavy (non-hydrogen) atoms. The Morgan fingerprint density at radius 1 is 0.486 bits per heavy atom. The van der Waals surface area contributed by atoms with Crippen LogP contribution >= 0.6 is 0 Å². The number of phenolic OH excluding ortho intramolecular Hbond substituents is 2. The van der Waals surface area contributed by atoms with Crippen molar-refractivity contribution < 1.29 is 14.9 Å². The average Bonchev–Trinajstić information content (AvgIpc) is 3.49. The summed E-state index contributed by atoms with van der Waals surface area (Å²) in [5, 5.41) is 19.5. The summed E-state index contributed by atoms with van der Waals surface area (Å²) in [5.74, 6) is 2.01. The Morgan fingerprint density at radius 2 is 0.914 bits per heavy atom. The molecule has 3 nitrogen and oxygen atoms in total. The molecule has 0 atom stereocenters. The van der Waals surface area contributed by atoms with E-state index in [-0.39, 0.29) is 11.5 Å². The first-order valence-electron chi connectivity index (χ1n) is 11.6. The van der Waals surface area contributed by atoms with Gasteiger partial charge in [0.2, 0.25) is 0 Å². The maximum absolute atomic E-state index is 9.73. The van der Waals surface area contributed by atoms with E-state index in [1.807, 2.05) is 66.7 Å². The van der Waals surface area contributed by atoms with Crippen molar-refractivity contribution in [3.63, 3.8) is 0 Å². The molecule has 0 bridgehead atoms. The van der Waals surface area contributed by atoms with Gasteiger partial charge in [-0.15, -0.1) is 0 Å². The SMILES string of the molecule is CC(c1ccc(O)cc1)(c1ccc(O)cc1)c1ccc(Oc2ccccc2)cc1.c1cc2cc-2c1. The zero-order valence-corrected chi connectivity index (χ0v) is 19.4. The molecule has 0 fully saturated rings. The van der Waals surface area contributed by atoms with Crippen LogP contribution in [0.2, 0.25) is 0 Å². The lowest BCUT2D eigenvalue weighted by atomic mass is 9.71. The van der Waals surface area contributed by atoms with E-state index in [0.717, 1.165) is 28.2 Å². The highest BCUT2D eigenvalue weighted by molar-refractivity contribution is 5.80. The molecule has 0 radical (unpaired) electrons. The van der Waals surface area contributed by atoms with E-state index in [1.54, 1.807) is 24.3 Å².